The van der Waals surface area contributed by atoms with Gasteiger partial charge in [0.25, 0.3) is 0 Å². The van der Waals surface area contributed by atoms with E-state index in [1.165, 1.54) is 0 Å². The van der Waals surface area contributed by atoms with Crippen molar-refractivity contribution in [2.75, 3.05) is 51.2 Å². The number of aromatic amines is 1. The Morgan fingerprint density at radius 3 is 2.71 bits per heavy atom. The first-order valence-electron chi connectivity index (χ1n) is 11.1. The zero-order valence-electron chi connectivity index (χ0n) is 17.9. The third kappa shape index (κ3) is 4.14. The van der Waals surface area contributed by atoms with Crippen molar-refractivity contribution >= 4 is 34.2 Å². The Kier molecular flexibility index (Phi) is 5.59. The zero-order chi connectivity index (χ0) is 21.4. The number of fused-ring (bicyclic) bond motifs is 1. The Morgan fingerprint density at radius 1 is 1.10 bits per heavy atom. The van der Waals surface area contributed by atoms with Gasteiger partial charge in [-0.15, -0.1) is 0 Å². The summed E-state index contributed by atoms with van der Waals surface area (Å²) >= 11 is 6.55. The highest BCUT2D eigenvalue weighted by atomic mass is 35.5. The Balaban J connectivity index is 1.36. The number of piperidine rings is 1. The van der Waals surface area contributed by atoms with Crippen molar-refractivity contribution in [3.05, 3.63) is 47.5 Å². The molecule has 31 heavy (non-hydrogen) atoms. The van der Waals surface area contributed by atoms with Crippen molar-refractivity contribution < 1.29 is 4.79 Å². The lowest BCUT2D eigenvalue weighted by Crippen LogP contribution is -2.51. The summed E-state index contributed by atoms with van der Waals surface area (Å²) in [6, 6.07) is 14.1. The van der Waals surface area contributed by atoms with Crippen LogP contribution in [0.2, 0.25) is 5.02 Å². The summed E-state index contributed by atoms with van der Waals surface area (Å²) in [5.41, 5.74) is 3.91. The molecule has 0 saturated carbocycles. The van der Waals surface area contributed by atoms with Gasteiger partial charge in [0.05, 0.1) is 22.0 Å². The number of piperazine rings is 1. The molecule has 3 heterocycles. The van der Waals surface area contributed by atoms with Gasteiger partial charge in [-0.05, 0) is 50.2 Å². The fourth-order valence-corrected chi connectivity index (χ4v) is 4.88. The minimum absolute atomic E-state index is 0.0579. The molecule has 1 atom stereocenters. The lowest BCUT2D eigenvalue weighted by Gasteiger charge is -2.39. The van der Waals surface area contributed by atoms with Crippen LogP contribution in [-0.2, 0) is 4.79 Å². The first-order valence-corrected chi connectivity index (χ1v) is 11.4. The van der Waals surface area contributed by atoms with E-state index >= 15 is 0 Å². The number of H-pyrrole nitrogens is 1. The van der Waals surface area contributed by atoms with Crippen LogP contribution in [0.4, 0.5) is 5.69 Å². The molecule has 6 nitrogen and oxygen atoms in total. The first kappa shape index (κ1) is 20.3. The Labute approximate surface area is 187 Å². The number of imidazole rings is 1. The summed E-state index contributed by atoms with van der Waals surface area (Å²) in [6.07, 6.45) is 1.98. The molecule has 2 saturated heterocycles. The van der Waals surface area contributed by atoms with Crippen LogP contribution in [-0.4, -0.2) is 72.0 Å². The number of carbonyl (C=O) groups is 1. The molecule has 1 amide bonds. The van der Waals surface area contributed by atoms with E-state index < -0.39 is 0 Å². The number of halogens is 1. The predicted octanol–water partition coefficient (Wildman–Crippen LogP) is 3.87. The normalized spacial score (nSPS) is 20.4. The maximum atomic E-state index is 13.1. The van der Waals surface area contributed by atoms with E-state index in [2.05, 4.69) is 38.9 Å². The summed E-state index contributed by atoms with van der Waals surface area (Å²) in [7, 11) is 2.12. The molecule has 0 spiro atoms. The smallest absolute Gasteiger partial charge is 0.227 e. The van der Waals surface area contributed by atoms with E-state index in [1.807, 2.05) is 30.3 Å². The highest BCUT2D eigenvalue weighted by molar-refractivity contribution is 6.33. The highest BCUT2D eigenvalue weighted by Crippen LogP contribution is 2.33. The first-order chi connectivity index (χ1) is 15.1. The number of para-hydroxylation sites is 2. The van der Waals surface area contributed by atoms with Crippen LogP contribution >= 0.6 is 11.6 Å². The van der Waals surface area contributed by atoms with Crippen molar-refractivity contribution in [3.8, 4) is 11.4 Å². The number of rotatable bonds is 3. The Hall–Kier alpha value is -2.57. The second kappa shape index (κ2) is 8.52. The van der Waals surface area contributed by atoms with Gasteiger partial charge < -0.3 is 19.7 Å². The number of anilines is 1. The van der Waals surface area contributed by atoms with Gasteiger partial charge in [-0.2, -0.15) is 0 Å². The molecule has 162 valence electrons. The molecule has 0 radical (unpaired) electrons. The van der Waals surface area contributed by atoms with Gasteiger partial charge in [0.2, 0.25) is 5.91 Å². The third-order valence-corrected chi connectivity index (χ3v) is 6.87. The van der Waals surface area contributed by atoms with Crippen molar-refractivity contribution in [1.29, 1.82) is 0 Å². The third-order valence-electron chi connectivity index (χ3n) is 6.55. The Morgan fingerprint density at radius 2 is 1.90 bits per heavy atom. The molecule has 2 aliphatic rings. The number of nitrogens with one attached hydrogen (secondary N) is 1. The van der Waals surface area contributed by atoms with Gasteiger partial charge in [0.15, 0.2) is 0 Å². The molecule has 2 aliphatic heterocycles. The standard InChI is InChI=1S/C24H28ClN5O/c1-28-11-13-29(14-12-28)24(31)17-5-4-10-30(16-17)18-8-9-20(25)19(15-18)23-26-21-6-2-3-7-22(21)27-23/h2-3,6-9,15,17H,4-5,10-14,16H2,1H3,(H,26,27)/t17-/m1/s1. The molecule has 1 aromatic heterocycles. The van der Waals surface area contributed by atoms with E-state index in [0.717, 1.165) is 80.2 Å². The van der Waals surface area contributed by atoms with Crippen LogP contribution < -0.4 is 4.90 Å². The number of carbonyl (C=O) groups excluding carboxylic acids is 1. The molecule has 0 aliphatic carbocycles. The minimum atomic E-state index is 0.0579. The summed E-state index contributed by atoms with van der Waals surface area (Å²) < 4.78 is 0. The number of benzene rings is 2. The van der Waals surface area contributed by atoms with Crippen LogP contribution in [0, 0.1) is 5.92 Å². The van der Waals surface area contributed by atoms with E-state index in [-0.39, 0.29) is 5.92 Å². The monoisotopic (exact) mass is 437 g/mol. The van der Waals surface area contributed by atoms with Crippen molar-refractivity contribution in [2.24, 2.45) is 5.92 Å². The number of amides is 1. The van der Waals surface area contributed by atoms with Crippen molar-refractivity contribution in [1.82, 2.24) is 19.8 Å². The average Bonchev–Trinajstić information content (AvgIpc) is 3.23. The van der Waals surface area contributed by atoms with Crippen molar-refractivity contribution in [3.63, 3.8) is 0 Å². The summed E-state index contributed by atoms with van der Waals surface area (Å²) in [4.78, 5) is 27.9. The van der Waals surface area contributed by atoms with Crippen LogP contribution in [0.15, 0.2) is 42.5 Å². The minimum Gasteiger partial charge on any atom is -0.371 e. The number of likely N-dealkylation sites (N-methyl/N-ethyl adjacent to an activating group) is 1. The largest absolute Gasteiger partial charge is 0.371 e. The molecule has 3 aromatic rings. The van der Waals surface area contributed by atoms with E-state index in [0.29, 0.717) is 10.9 Å². The van der Waals surface area contributed by atoms with Crippen LogP contribution in [0.5, 0.6) is 0 Å². The lowest BCUT2D eigenvalue weighted by atomic mass is 9.95. The quantitative estimate of drug-likeness (QED) is 0.675. The summed E-state index contributed by atoms with van der Waals surface area (Å²) in [5.74, 6) is 1.14. The molecule has 7 heteroatoms. The topological polar surface area (TPSA) is 55.5 Å². The van der Waals surface area contributed by atoms with E-state index in [9.17, 15) is 4.79 Å². The van der Waals surface area contributed by atoms with Gasteiger partial charge in [-0.3, -0.25) is 4.79 Å². The summed E-state index contributed by atoms with van der Waals surface area (Å²) in [6.45, 7) is 5.30. The number of hydrogen-bond acceptors (Lipinski definition) is 4. The van der Waals surface area contributed by atoms with Gasteiger partial charge in [-0.25, -0.2) is 4.98 Å². The number of aromatic nitrogens is 2. The molecule has 1 N–H and O–H groups in total. The second-order valence-corrected chi connectivity index (χ2v) is 9.09. The average molecular weight is 438 g/mol. The number of hydrogen-bond donors (Lipinski definition) is 1. The van der Waals surface area contributed by atoms with Crippen LogP contribution in [0.3, 0.4) is 0 Å². The highest BCUT2D eigenvalue weighted by Gasteiger charge is 2.31. The Bertz CT molecular complexity index is 1060. The van der Waals surface area contributed by atoms with Gasteiger partial charge >= 0.3 is 0 Å². The molecule has 2 aromatic carbocycles. The maximum Gasteiger partial charge on any atom is 0.227 e. The van der Waals surface area contributed by atoms with E-state index in [1.54, 1.807) is 0 Å². The fraction of sp³-hybridized carbons (Fsp3) is 0.417. The van der Waals surface area contributed by atoms with Crippen LogP contribution in [0.25, 0.3) is 22.4 Å². The summed E-state index contributed by atoms with van der Waals surface area (Å²) in [5, 5.41) is 0.671. The fourth-order valence-electron chi connectivity index (χ4n) is 4.67. The van der Waals surface area contributed by atoms with Gasteiger partial charge in [-0.1, -0.05) is 23.7 Å². The lowest BCUT2D eigenvalue weighted by molar-refractivity contribution is -0.137. The van der Waals surface area contributed by atoms with E-state index in [4.69, 9.17) is 16.6 Å². The second-order valence-electron chi connectivity index (χ2n) is 8.68. The maximum absolute atomic E-state index is 13.1. The number of nitrogens with zero attached hydrogens (tertiary/aromatic N) is 4. The molecule has 0 bridgehead atoms. The molecule has 2 fully saturated rings. The molecule has 5 rings (SSSR count). The van der Waals surface area contributed by atoms with Crippen molar-refractivity contribution in [2.45, 2.75) is 12.8 Å². The SMILES string of the molecule is CN1CCN(C(=O)[C@@H]2CCCN(c3ccc(Cl)c(-c4nc5ccccc5[nH]4)c3)C2)CC1. The van der Waals surface area contributed by atoms with Gasteiger partial charge in [0.1, 0.15) is 5.82 Å². The molecule has 0 unspecified atom stereocenters. The molecular weight excluding hydrogens is 410 g/mol. The predicted molar refractivity (Wildman–Crippen MR) is 126 cm³/mol. The zero-order valence-corrected chi connectivity index (χ0v) is 18.6. The molecular formula is C24H28ClN5O. The van der Waals surface area contributed by atoms with Crippen LogP contribution in [0.1, 0.15) is 12.8 Å². The van der Waals surface area contributed by atoms with Gasteiger partial charge in [0, 0.05) is 50.5 Å².